The van der Waals surface area contributed by atoms with E-state index in [1.54, 1.807) is 0 Å². The number of fused-ring (bicyclic) bond motifs is 1. The molecule has 4 amide bonds. The van der Waals surface area contributed by atoms with Crippen LogP contribution in [0.3, 0.4) is 0 Å². The Labute approximate surface area is 174 Å². The first-order chi connectivity index (χ1) is 14.6. The number of nitrogens with one attached hydrogen (secondary N) is 3. The van der Waals surface area contributed by atoms with Crippen molar-refractivity contribution in [3.63, 3.8) is 0 Å². The van der Waals surface area contributed by atoms with E-state index >= 15 is 0 Å². The predicted octanol–water partition coefficient (Wildman–Crippen LogP) is 2.38. The van der Waals surface area contributed by atoms with Crippen LogP contribution in [0.25, 0.3) is 10.9 Å². The first-order valence-corrected chi connectivity index (χ1v) is 10.1. The Kier molecular flexibility index (Phi) is 5.79. The summed E-state index contributed by atoms with van der Waals surface area (Å²) in [5.41, 5.74) is 3.27. The van der Waals surface area contributed by atoms with Crippen molar-refractivity contribution in [2.45, 2.75) is 25.3 Å². The first-order valence-electron chi connectivity index (χ1n) is 10.1. The van der Waals surface area contributed by atoms with Gasteiger partial charge in [0, 0.05) is 23.6 Å². The quantitative estimate of drug-likeness (QED) is 0.503. The van der Waals surface area contributed by atoms with Crippen LogP contribution in [0.1, 0.15) is 17.5 Å². The molecule has 1 saturated heterocycles. The molecule has 2 heterocycles. The van der Waals surface area contributed by atoms with Crippen LogP contribution in [0, 0.1) is 0 Å². The molecule has 0 radical (unpaired) electrons. The van der Waals surface area contributed by atoms with E-state index < -0.39 is 12.1 Å². The van der Waals surface area contributed by atoms with Gasteiger partial charge in [-0.05, 0) is 36.5 Å². The molecule has 7 nitrogen and oxygen atoms in total. The van der Waals surface area contributed by atoms with Crippen molar-refractivity contribution in [2.24, 2.45) is 0 Å². The number of aromatic nitrogens is 1. The zero-order valence-electron chi connectivity index (χ0n) is 16.6. The maximum absolute atomic E-state index is 12.5. The van der Waals surface area contributed by atoms with E-state index in [1.165, 1.54) is 0 Å². The molecular weight excluding hydrogens is 380 g/mol. The second-order valence-corrected chi connectivity index (χ2v) is 7.41. The zero-order chi connectivity index (χ0) is 20.9. The van der Waals surface area contributed by atoms with Gasteiger partial charge in [0.15, 0.2) is 0 Å². The normalized spacial score (nSPS) is 16.1. The molecule has 154 valence electrons. The molecular formula is C23H24N4O3. The lowest BCUT2D eigenvalue weighted by Gasteiger charge is -2.13. The SMILES string of the molecule is O=C(CN1C(=O)N[C@H](CCc2ccccc2)C1=O)NCCc1c[nH]c2ccccc12. The fraction of sp³-hybridized carbons (Fsp3) is 0.261. The number of carbonyl (C=O) groups excluding carboxylic acids is 3. The highest BCUT2D eigenvalue weighted by molar-refractivity contribution is 6.06. The van der Waals surface area contributed by atoms with Crippen LogP contribution in [0.2, 0.25) is 0 Å². The molecule has 30 heavy (non-hydrogen) atoms. The molecule has 0 unspecified atom stereocenters. The molecule has 1 fully saturated rings. The number of hydrogen-bond acceptors (Lipinski definition) is 3. The highest BCUT2D eigenvalue weighted by atomic mass is 16.2. The van der Waals surface area contributed by atoms with Crippen molar-refractivity contribution in [3.05, 3.63) is 71.9 Å². The van der Waals surface area contributed by atoms with Gasteiger partial charge in [0.05, 0.1) is 0 Å². The monoisotopic (exact) mass is 404 g/mol. The number of aromatic amines is 1. The summed E-state index contributed by atoms with van der Waals surface area (Å²) in [4.78, 5) is 41.2. The Bertz CT molecular complexity index is 1060. The lowest BCUT2D eigenvalue weighted by atomic mass is 10.1. The van der Waals surface area contributed by atoms with Gasteiger partial charge < -0.3 is 15.6 Å². The highest BCUT2D eigenvalue weighted by Gasteiger charge is 2.38. The minimum absolute atomic E-state index is 0.264. The number of benzene rings is 2. The molecule has 1 aromatic heterocycles. The van der Waals surface area contributed by atoms with Gasteiger partial charge in [-0.25, -0.2) is 4.79 Å². The maximum atomic E-state index is 12.5. The molecule has 4 rings (SSSR count). The maximum Gasteiger partial charge on any atom is 0.325 e. The topological polar surface area (TPSA) is 94.3 Å². The van der Waals surface area contributed by atoms with Gasteiger partial charge in [-0.1, -0.05) is 48.5 Å². The Morgan fingerprint density at radius 2 is 1.77 bits per heavy atom. The average Bonchev–Trinajstić information content (AvgIpc) is 3.29. The number of imide groups is 1. The van der Waals surface area contributed by atoms with Crippen LogP contribution in [-0.4, -0.2) is 46.9 Å². The van der Waals surface area contributed by atoms with Crippen molar-refractivity contribution in [1.29, 1.82) is 0 Å². The molecule has 7 heteroatoms. The smallest absolute Gasteiger partial charge is 0.325 e. The van der Waals surface area contributed by atoms with Gasteiger partial charge in [0.25, 0.3) is 5.91 Å². The Balaban J connectivity index is 1.25. The van der Waals surface area contributed by atoms with E-state index in [0.717, 1.165) is 26.9 Å². The molecule has 0 aliphatic carbocycles. The number of rotatable bonds is 8. The van der Waals surface area contributed by atoms with Crippen LogP contribution in [0.4, 0.5) is 4.79 Å². The molecule has 1 aliphatic heterocycles. The number of nitrogens with zero attached hydrogens (tertiary/aromatic N) is 1. The van der Waals surface area contributed by atoms with Gasteiger partial charge in [0.2, 0.25) is 5.91 Å². The van der Waals surface area contributed by atoms with Crippen LogP contribution in [0.15, 0.2) is 60.8 Å². The van der Waals surface area contributed by atoms with E-state index in [-0.39, 0.29) is 18.4 Å². The second kappa shape index (κ2) is 8.82. The molecule has 3 N–H and O–H groups in total. The summed E-state index contributed by atoms with van der Waals surface area (Å²) < 4.78 is 0. The van der Waals surface area contributed by atoms with Gasteiger partial charge in [0.1, 0.15) is 12.6 Å². The number of hydrogen-bond donors (Lipinski definition) is 3. The summed E-state index contributed by atoms with van der Waals surface area (Å²) in [5, 5.41) is 6.61. The third-order valence-corrected chi connectivity index (χ3v) is 5.36. The standard InChI is InChI=1S/C23H24N4O3/c28-21(24-13-12-17-14-25-19-9-5-4-8-18(17)19)15-27-22(29)20(26-23(27)30)11-10-16-6-2-1-3-7-16/h1-9,14,20,25H,10-13,15H2,(H,24,28)(H,26,30)/t20-/m1/s1. The number of amides is 4. The average molecular weight is 404 g/mol. The summed E-state index contributed by atoms with van der Waals surface area (Å²) in [6.07, 6.45) is 3.79. The molecule has 2 aromatic carbocycles. The number of carbonyl (C=O) groups is 3. The van der Waals surface area contributed by atoms with Gasteiger partial charge in [-0.3, -0.25) is 14.5 Å². The van der Waals surface area contributed by atoms with Gasteiger partial charge in [-0.15, -0.1) is 0 Å². The summed E-state index contributed by atoms with van der Waals surface area (Å²) in [6, 6.07) is 16.7. The summed E-state index contributed by atoms with van der Waals surface area (Å²) in [5.74, 6) is -0.690. The fourth-order valence-corrected chi connectivity index (χ4v) is 3.75. The van der Waals surface area contributed by atoms with Crippen LogP contribution in [0.5, 0.6) is 0 Å². The molecule has 0 saturated carbocycles. The number of aryl methyl sites for hydroxylation is 1. The van der Waals surface area contributed by atoms with E-state index in [2.05, 4.69) is 15.6 Å². The van der Waals surface area contributed by atoms with E-state index in [0.29, 0.717) is 25.8 Å². The second-order valence-electron chi connectivity index (χ2n) is 7.41. The van der Waals surface area contributed by atoms with Gasteiger partial charge in [-0.2, -0.15) is 0 Å². The summed E-state index contributed by atoms with van der Waals surface area (Å²) in [6.45, 7) is 0.169. The third-order valence-electron chi connectivity index (χ3n) is 5.36. The van der Waals surface area contributed by atoms with Crippen molar-refractivity contribution in [1.82, 2.24) is 20.5 Å². The largest absolute Gasteiger partial charge is 0.361 e. The van der Waals surface area contributed by atoms with Crippen molar-refractivity contribution < 1.29 is 14.4 Å². The van der Waals surface area contributed by atoms with Crippen LogP contribution >= 0.6 is 0 Å². The highest BCUT2D eigenvalue weighted by Crippen LogP contribution is 2.17. The van der Waals surface area contributed by atoms with Crippen molar-refractivity contribution in [3.8, 4) is 0 Å². The molecule has 1 aliphatic rings. The molecule has 0 spiro atoms. The Morgan fingerprint density at radius 1 is 1.00 bits per heavy atom. The Hall–Kier alpha value is -3.61. The number of H-pyrrole nitrogens is 1. The first kappa shape index (κ1) is 19.7. The number of urea groups is 1. The molecule has 1 atom stereocenters. The van der Waals surface area contributed by atoms with E-state index in [4.69, 9.17) is 0 Å². The van der Waals surface area contributed by atoms with Crippen LogP contribution < -0.4 is 10.6 Å². The zero-order valence-corrected chi connectivity index (χ0v) is 16.6. The minimum Gasteiger partial charge on any atom is -0.361 e. The minimum atomic E-state index is -0.586. The third kappa shape index (κ3) is 4.35. The van der Waals surface area contributed by atoms with E-state index in [1.807, 2.05) is 60.8 Å². The number of para-hydroxylation sites is 1. The van der Waals surface area contributed by atoms with Crippen molar-refractivity contribution in [2.75, 3.05) is 13.1 Å². The summed E-state index contributed by atoms with van der Waals surface area (Å²) in [7, 11) is 0. The fourth-order valence-electron chi connectivity index (χ4n) is 3.75. The Morgan fingerprint density at radius 3 is 2.60 bits per heavy atom. The lowest BCUT2D eigenvalue weighted by Crippen LogP contribution is -2.41. The lowest BCUT2D eigenvalue weighted by molar-refractivity contribution is -0.132. The van der Waals surface area contributed by atoms with Crippen molar-refractivity contribution >= 4 is 28.7 Å². The molecule has 3 aromatic rings. The predicted molar refractivity (Wildman–Crippen MR) is 114 cm³/mol. The molecule has 0 bridgehead atoms. The van der Waals surface area contributed by atoms with Crippen LogP contribution in [-0.2, 0) is 22.4 Å². The summed E-state index contributed by atoms with van der Waals surface area (Å²) >= 11 is 0. The van der Waals surface area contributed by atoms with E-state index in [9.17, 15) is 14.4 Å². The van der Waals surface area contributed by atoms with Gasteiger partial charge >= 0.3 is 6.03 Å².